The fourth-order valence-electron chi connectivity index (χ4n) is 5.24. The van der Waals surface area contributed by atoms with Gasteiger partial charge in [-0.25, -0.2) is 0 Å². The molecule has 0 aliphatic heterocycles. The summed E-state index contributed by atoms with van der Waals surface area (Å²) in [6, 6.07) is 10.8. The normalized spacial score (nSPS) is 16.6. The summed E-state index contributed by atoms with van der Waals surface area (Å²) >= 11 is 0. The van der Waals surface area contributed by atoms with Crippen molar-refractivity contribution in [3.63, 3.8) is 0 Å². The van der Waals surface area contributed by atoms with Crippen molar-refractivity contribution >= 4 is 11.6 Å². The minimum Gasteiger partial charge on any atom is -0.507 e. The summed E-state index contributed by atoms with van der Waals surface area (Å²) in [5, 5.41) is 21.5. The molecule has 2 aliphatic rings. The van der Waals surface area contributed by atoms with Gasteiger partial charge in [-0.2, -0.15) is 0 Å². The van der Waals surface area contributed by atoms with E-state index in [1.807, 2.05) is 13.0 Å². The van der Waals surface area contributed by atoms with Crippen molar-refractivity contribution in [2.24, 2.45) is 5.92 Å². The third kappa shape index (κ3) is 2.74. The van der Waals surface area contributed by atoms with Crippen LogP contribution in [0.1, 0.15) is 62.7 Å². The highest BCUT2D eigenvalue weighted by Crippen LogP contribution is 2.50. The zero-order valence-corrected chi connectivity index (χ0v) is 18.0. The quantitative estimate of drug-likeness (QED) is 0.501. The Morgan fingerprint density at radius 3 is 2.03 bits per heavy atom. The highest BCUT2D eigenvalue weighted by atomic mass is 16.3. The molecule has 0 saturated heterocycles. The Morgan fingerprint density at radius 1 is 0.742 bits per heavy atom. The molecule has 0 spiro atoms. The van der Waals surface area contributed by atoms with Crippen LogP contribution in [0, 0.1) is 19.8 Å². The maximum Gasteiger partial charge on any atom is 0.234 e. The molecule has 0 amide bonds. The van der Waals surface area contributed by atoms with E-state index in [4.69, 9.17) is 0 Å². The number of hydrogen-bond acceptors (Lipinski definition) is 4. The molecule has 3 aromatic carbocycles. The zero-order chi connectivity index (χ0) is 22.2. The number of hydrogen-bond donors (Lipinski definition) is 2. The third-order valence-corrected chi connectivity index (χ3v) is 6.68. The van der Waals surface area contributed by atoms with Gasteiger partial charge in [-0.3, -0.25) is 9.59 Å². The van der Waals surface area contributed by atoms with Crippen LogP contribution in [0.3, 0.4) is 0 Å². The van der Waals surface area contributed by atoms with Gasteiger partial charge in [-0.05, 0) is 95.8 Å². The first kappa shape index (κ1) is 19.6. The van der Waals surface area contributed by atoms with Crippen LogP contribution in [0.25, 0.3) is 22.3 Å². The first-order valence-electron chi connectivity index (χ1n) is 10.6. The number of aryl methyl sites for hydroxylation is 2. The molecule has 5 rings (SSSR count). The van der Waals surface area contributed by atoms with E-state index in [1.165, 1.54) is 0 Å². The van der Waals surface area contributed by atoms with Crippen molar-refractivity contribution in [2.75, 3.05) is 0 Å². The molecule has 2 aliphatic carbocycles. The SMILES string of the molecule is Cc1cc(O)c2c(c1)C(=O)C(=O)c1cc3c(cc1-2)CC(C(C)C)c1cc(C)cc(O)c1-3. The van der Waals surface area contributed by atoms with E-state index in [9.17, 15) is 19.8 Å². The van der Waals surface area contributed by atoms with Crippen molar-refractivity contribution in [2.45, 2.75) is 40.0 Å². The molecular weight excluding hydrogens is 388 g/mol. The molecule has 1 atom stereocenters. The molecule has 0 saturated carbocycles. The molecule has 1 unspecified atom stereocenters. The fraction of sp³-hybridized carbons (Fsp3) is 0.259. The van der Waals surface area contributed by atoms with Gasteiger partial charge in [0.2, 0.25) is 11.6 Å². The van der Waals surface area contributed by atoms with Crippen LogP contribution in [0.2, 0.25) is 0 Å². The van der Waals surface area contributed by atoms with Gasteiger partial charge in [0.15, 0.2) is 0 Å². The van der Waals surface area contributed by atoms with Crippen molar-refractivity contribution in [3.05, 3.63) is 69.8 Å². The minimum absolute atomic E-state index is 0.00661. The molecular formula is C27H24O4. The molecule has 2 N–H and O–H groups in total. The first-order chi connectivity index (χ1) is 14.7. The monoisotopic (exact) mass is 412 g/mol. The molecule has 4 nitrogen and oxygen atoms in total. The lowest BCUT2D eigenvalue weighted by atomic mass is 9.71. The molecule has 4 heteroatoms. The molecule has 0 heterocycles. The number of ketones is 2. The van der Waals surface area contributed by atoms with Gasteiger partial charge in [0.1, 0.15) is 11.5 Å². The number of phenols is 2. The zero-order valence-electron chi connectivity index (χ0n) is 18.0. The van der Waals surface area contributed by atoms with Gasteiger partial charge in [0.05, 0.1) is 0 Å². The van der Waals surface area contributed by atoms with Crippen molar-refractivity contribution in [3.8, 4) is 33.8 Å². The van der Waals surface area contributed by atoms with Gasteiger partial charge in [0, 0.05) is 22.3 Å². The fourth-order valence-corrected chi connectivity index (χ4v) is 5.24. The average Bonchev–Trinajstić information content (AvgIpc) is 2.69. The number of benzene rings is 3. The van der Waals surface area contributed by atoms with Crippen molar-refractivity contribution in [1.82, 2.24) is 0 Å². The Labute approximate surface area is 181 Å². The van der Waals surface area contributed by atoms with Crippen LogP contribution >= 0.6 is 0 Å². The second-order valence-electron chi connectivity index (χ2n) is 9.22. The van der Waals surface area contributed by atoms with Gasteiger partial charge >= 0.3 is 0 Å². The van der Waals surface area contributed by atoms with Crippen LogP contribution in [0.4, 0.5) is 0 Å². The van der Waals surface area contributed by atoms with E-state index in [1.54, 1.807) is 31.2 Å². The molecule has 3 aromatic rings. The number of Topliss-reactive ketones (excluding diaryl/α,β-unsaturated/α-hetero) is 2. The lowest BCUT2D eigenvalue weighted by Gasteiger charge is -2.33. The van der Waals surface area contributed by atoms with Crippen molar-refractivity contribution in [1.29, 1.82) is 0 Å². The lowest BCUT2D eigenvalue weighted by Crippen LogP contribution is -2.23. The Bertz CT molecular complexity index is 1310. The lowest BCUT2D eigenvalue weighted by molar-refractivity contribution is 0.0815. The van der Waals surface area contributed by atoms with Crippen LogP contribution in [0.15, 0.2) is 36.4 Å². The molecule has 156 valence electrons. The van der Waals surface area contributed by atoms with Crippen LogP contribution < -0.4 is 0 Å². The molecule has 0 aromatic heterocycles. The summed E-state index contributed by atoms with van der Waals surface area (Å²) in [5.74, 6) is -0.406. The molecule has 0 bridgehead atoms. The summed E-state index contributed by atoms with van der Waals surface area (Å²) in [5.41, 5.74) is 6.89. The predicted octanol–water partition coefficient (Wildman–Crippen LogP) is 5.72. The van der Waals surface area contributed by atoms with Gasteiger partial charge in [-0.1, -0.05) is 19.9 Å². The Kier molecular flexibility index (Phi) is 4.13. The summed E-state index contributed by atoms with van der Waals surface area (Å²) in [6.45, 7) is 8.09. The topological polar surface area (TPSA) is 74.6 Å². The molecule has 0 radical (unpaired) electrons. The number of phenolic OH excluding ortho intramolecular Hbond substituents is 2. The highest BCUT2D eigenvalue weighted by Gasteiger charge is 2.36. The summed E-state index contributed by atoms with van der Waals surface area (Å²) < 4.78 is 0. The van der Waals surface area contributed by atoms with Gasteiger partial charge in [0.25, 0.3) is 0 Å². The minimum atomic E-state index is -0.606. The van der Waals surface area contributed by atoms with Gasteiger partial charge in [-0.15, -0.1) is 0 Å². The summed E-state index contributed by atoms with van der Waals surface area (Å²) in [4.78, 5) is 25.9. The van der Waals surface area contributed by atoms with E-state index in [2.05, 4.69) is 19.9 Å². The highest BCUT2D eigenvalue weighted by molar-refractivity contribution is 6.53. The first-order valence-corrected chi connectivity index (χ1v) is 10.6. The van der Waals surface area contributed by atoms with Crippen LogP contribution in [0.5, 0.6) is 11.5 Å². The molecule has 0 fully saturated rings. The van der Waals surface area contributed by atoms with E-state index in [0.29, 0.717) is 17.0 Å². The largest absolute Gasteiger partial charge is 0.507 e. The number of rotatable bonds is 1. The number of carbonyl (C=O) groups is 2. The Balaban J connectivity index is 1.84. The number of aromatic hydroxyl groups is 2. The maximum absolute atomic E-state index is 13.0. The predicted molar refractivity (Wildman–Crippen MR) is 120 cm³/mol. The smallest absolute Gasteiger partial charge is 0.234 e. The van der Waals surface area contributed by atoms with Crippen LogP contribution in [-0.2, 0) is 6.42 Å². The van der Waals surface area contributed by atoms with E-state index in [0.717, 1.165) is 39.8 Å². The van der Waals surface area contributed by atoms with Crippen molar-refractivity contribution < 1.29 is 19.8 Å². The summed E-state index contributed by atoms with van der Waals surface area (Å²) in [6.07, 6.45) is 0.764. The maximum atomic E-state index is 13.0. The third-order valence-electron chi connectivity index (χ3n) is 6.68. The number of carbonyl (C=O) groups excluding carboxylic acids is 2. The Hall–Kier alpha value is -3.40. The summed E-state index contributed by atoms with van der Waals surface area (Å²) in [7, 11) is 0. The second-order valence-corrected chi connectivity index (χ2v) is 9.22. The molecule has 31 heavy (non-hydrogen) atoms. The number of fused-ring (bicyclic) bond motifs is 6. The van der Waals surface area contributed by atoms with Gasteiger partial charge < -0.3 is 10.2 Å². The standard InChI is InChI=1S/C27H24O4/c1-12(2)16-9-15-10-19-20(11-17(15)24-18(16)5-13(3)7-22(24)28)26(30)27(31)21-6-14(4)8-23(29)25(19)21/h5-8,10-12,16,28-29H,9H2,1-4H3. The average molecular weight is 412 g/mol. The van der Waals surface area contributed by atoms with E-state index >= 15 is 0 Å². The van der Waals surface area contributed by atoms with E-state index < -0.39 is 11.6 Å². The van der Waals surface area contributed by atoms with E-state index in [-0.39, 0.29) is 28.5 Å². The second kappa shape index (κ2) is 6.55. The Morgan fingerprint density at radius 2 is 1.35 bits per heavy atom. The van der Waals surface area contributed by atoms with Crippen LogP contribution in [-0.4, -0.2) is 21.8 Å².